The maximum absolute atomic E-state index is 14.4. The number of hydrogen-bond donors (Lipinski definition) is 0. The lowest BCUT2D eigenvalue weighted by Gasteiger charge is -2.31. The van der Waals surface area contributed by atoms with Gasteiger partial charge in [-0.1, -0.05) is 25.3 Å². The molecule has 1 aliphatic carbocycles. The Morgan fingerprint density at radius 2 is 1.64 bits per heavy atom. The van der Waals surface area contributed by atoms with Crippen molar-refractivity contribution in [3.05, 3.63) is 54.1 Å². The van der Waals surface area contributed by atoms with Crippen LogP contribution in [0.5, 0.6) is 5.75 Å². The van der Waals surface area contributed by atoms with Gasteiger partial charge < -0.3 is 9.47 Å². The number of benzene rings is 1. The third-order valence-corrected chi connectivity index (χ3v) is 4.23. The van der Waals surface area contributed by atoms with Gasteiger partial charge in [0.15, 0.2) is 0 Å². The van der Waals surface area contributed by atoms with E-state index in [9.17, 15) is 14.0 Å². The van der Waals surface area contributed by atoms with E-state index in [-0.39, 0.29) is 11.5 Å². The van der Waals surface area contributed by atoms with Gasteiger partial charge in [-0.3, -0.25) is 0 Å². The zero-order valence-corrected chi connectivity index (χ0v) is 14.6. The van der Waals surface area contributed by atoms with Gasteiger partial charge in [0, 0.05) is 11.1 Å². The molecule has 1 fully saturated rings. The second-order valence-electron chi connectivity index (χ2n) is 6.49. The van der Waals surface area contributed by atoms with E-state index in [1.807, 2.05) is 12.1 Å². The smallest absolute Gasteiger partial charge is 0.338 e. The second kappa shape index (κ2) is 8.10. The van der Waals surface area contributed by atoms with Crippen molar-refractivity contribution in [1.29, 1.82) is 0 Å². The SMILES string of the molecule is C=C(C)C(=O)Oc1ccc(C2CCC(OC(=O)C(=C)C)C(F)C2)cc1. The van der Waals surface area contributed by atoms with Gasteiger partial charge in [0.05, 0.1) is 0 Å². The highest BCUT2D eigenvalue weighted by atomic mass is 19.1. The van der Waals surface area contributed by atoms with Crippen LogP contribution in [-0.2, 0) is 14.3 Å². The molecule has 0 aliphatic heterocycles. The molecule has 2 rings (SSSR count). The molecular weight excluding hydrogens is 323 g/mol. The minimum atomic E-state index is -1.21. The standard InChI is InChI=1S/C20H23FO4/c1-12(2)19(22)24-16-8-5-14(6-9-16)15-7-10-18(17(21)11-15)25-20(23)13(3)4/h5-6,8-9,15,17-18H,1,3,7,10-11H2,2,4H3. The molecule has 1 aromatic carbocycles. The average Bonchev–Trinajstić information content (AvgIpc) is 2.57. The lowest BCUT2D eigenvalue weighted by atomic mass is 9.81. The molecule has 0 N–H and O–H groups in total. The first-order valence-corrected chi connectivity index (χ1v) is 8.26. The number of hydrogen-bond acceptors (Lipinski definition) is 4. The van der Waals surface area contributed by atoms with Crippen LogP contribution < -0.4 is 4.74 Å². The normalized spacial score (nSPS) is 22.8. The van der Waals surface area contributed by atoms with Gasteiger partial charge in [0.1, 0.15) is 18.0 Å². The van der Waals surface area contributed by atoms with E-state index in [0.717, 1.165) is 12.0 Å². The number of carbonyl (C=O) groups is 2. The second-order valence-corrected chi connectivity index (χ2v) is 6.49. The zero-order valence-electron chi connectivity index (χ0n) is 14.6. The van der Waals surface area contributed by atoms with Crippen molar-refractivity contribution in [3.8, 4) is 5.75 Å². The van der Waals surface area contributed by atoms with Crippen molar-refractivity contribution in [2.24, 2.45) is 0 Å². The van der Waals surface area contributed by atoms with Crippen molar-refractivity contribution in [2.45, 2.75) is 51.3 Å². The summed E-state index contributed by atoms with van der Waals surface area (Å²) in [6.45, 7) is 10.2. The summed E-state index contributed by atoms with van der Waals surface area (Å²) in [6, 6.07) is 7.05. The largest absolute Gasteiger partial charge is 0.456 e. The summed E-state index contributed by atoms with van der Waals surface area (Å²) < 4.78 is 24.7. The fraction of sp³-hybridized carbons (Fsp3) is 0.400. The van der Waals surface area contributed by atoms with Crippen LogP contribution in [0.25, 0.3) is 0 Å². The Kier molecular flexibility index (Phi) is 6.12. The maximum Gasteiger partial charge on any atom is 0.338 e. The zero-order chi connectivity index (χ0) is 18.6. The lowest BCUT2D eigenvalue weighted by molar-refractivity contribution is -0.149. The number of esters is 2. The van der Waals surface area contributed by atoms with Crippen LogP contribution in [0.4, 0.5) is 4.39 Å². The van der Waals surface area contributed by atoms with Crippen LogP contribution >= 0.6 is 0 Å². The molecule has 3 unspecified atom stereocenters. The number of rotatable bonds is 5. The fourth-order valence-electron chi connectivity index (χ4n) is 2.76. The molecule has 134 valence electrons. The van der Waals surface area contributed by atoms with Crippen LogP contribution in [0.3, 0.4) is 0 Å². The number of halogens is 1. The Hall–Kier alpha value is -2.43. The molecule has 0 saturated heterocycles. The summed E-state index contributed by atoms with van der Waals surface area (Å²) in [4.78, 5) is 23.0. The molecule has 1 aliphatic rings. The van der Waals surface area contributed by atoms with Crippen LogP contribution in [-0.4, -0.2) is 24.2 Å². The molecule has 5 heteroatoms. The lowest BCUT2D eigenvalue weighted by Crippen LogP contribution is -2.34. The van der Waals surface area contributed by atoms with E-state index in [1.165, 1.54) is 0 Å². The monoisotopic (exact) mass is 346 g/mol. The minimum absolute atomic E-state index is 0.0423. The molecule has 0 heterocycles. The van der Waals surface area contributed by atoms with E-state index in [2.05, 4.69) is 13.2 Å². The third kappa shape index (κ3) is 5.02. The van der Waals surface area contributed by atoms with E-state index in [0.29, 0.717) is 24.2 Å². The average molecular weight is 346 g/mol. The summed E-state index contributed by atoms with van der Waals surface area (Å²) in [6.07, 6.45) is -0.436. The summed E-state index contributed by atoms with van der Waals surface area (Å²) >= 11 is 0. The van der Waals surface area contributed by atoms with Crippen molar-refractivity contribution in [3.63, 3.8) is 0 Å². The molecule has 4 nitrogen and oxygen atoms in total. The van der Waals surface area contributed by atoms with Gasteiger partial charge in [-0.05, 0) is 56.7 Å². The first kappa shape index (κ1) is 18.9. The first-order chi connectivity index (χ1) is 11.8. The van der Waals surface area contributed by atoms with E-state index < -0.39 is 24.2 Å². The van der Waals surface area contributed by atoms with Gasteiger partial charge in [0.2, 0.25) is 0 Å². The van der Waals surface area contributed by atoms with Crippen LogP contribution in [0.15, 0.2) is 48.6 Å². The molecule has 0 spiro atoms. The summed E-state index contributed by atoms with van der Waals surface area (Å²) in [5.41, 5.74) is 1.57. The van der Waals surface area contributed by atoms with Crippen molar-refractivity contribution < 1.29 is 23.5 Å². The summed E-state index contributed by atoms with van der Waals surface area (Å²) in [5.74, 6) is -0.551. The third-order valence-electron chi connectivity index (χ3n) is 4.23. The number of carbonyl (C=O) groups excluding carboxylic acids is 2. The Bertz CT molecular complexity index is 677. The molecule has 1 aromatic rings. The maximum atomic E-state index is 14.4. The summed E-state index contributed by atoms with van der Waals surface area (Å²) in [7, 11) is 0. The predicted molar refractivity (Wildman–Crippen MR) is 93.1 cm³/mol. The van der Waals surface area contributed by atoms with Crippen LogP contribution in [0.2, 0.25) is 0 Å². The highest BCUT2D eigenvalue weighted by Gasteiger charge is 2.33. The quantitative estimate of drug-likeness (QED) is 0.454. The Morgan fingerprint density at radius 1 is 1.04 bits per heavy atom. The molecule has 0 radical (unpaired) electrons. The number of ether oxygens (including phenoxy) is 2. The Labute approximate surface area is 147 Å². The molecule has 3 atom stereocenters. The van der Waals surface area contributed by atoms with E-state index >= 15 is 0 Å². The minimum Gasteiger partial charge on any atom is -0.456 e. The highest BCUT2D eigenvalue weighted by Crippen LogP contribution is 2.36. The molecule has 25 heavy (non-hydrogen) atoms. The molecule has 0 aromatic heterocycles. The van der Waals surface area contributed by atoms with Gasteiger partial charge in [0.25, 0.3) is 0 Å². The molecular formula is C20H23FO4. The molecule has 0 bridgehead atoms. The van der Waals surface area contributed by atoms with Gasteiger partial charge in [-0.15, -0.1) is 0 Å². The Balaban J connectivity index is 1.95. The topological polar surface area (TPSA) is 52.6 Å². The van der Waals surface area contributed by atoms with Crippen molar-refractivity contribution >= 4 is 11.9 Å². The predicted octanol–water partition coefficient (Wildman–Crippen LogP) is 4.26. The Morgan fingerprint density at radius 3 is 2.16 bits per heavy atom. The van der Waals surface area contributed by atoms with E-state index in [1.54, 1.807) is 26.0 Å². The van der Waals surface area contributed by atoms with E-state index in [4.69, 9.17) is 9.47 Å². The molecule has 1 saturated carbocycles. The highest BCUT2D eigenvalue weighted by molar-refractivity contribution is 5.88. The van der Waals surface area contributed by atoms with Gasteiger partial charge >= 0.3 is 11.9 Å². The first-order valence-electron chi connectivity index (χ1n) is 8.26. The fourth-order valence-corrected chi connectivity index (χ4v) is 2.76. The summed E-state index contributed by atoms with van der Waals surface area (Å²) in [5, 5.41) is 0. The number of alkyl halides is 1. The van der Waals surface area contributed by atoms with Crippen molar-refractivity contribution in [1.82, 2.24) is 0 Å². The molecule has 0 amide bonds. The van der Waals surface area contributed by atoms with Gasteiger partial charge in [-0.25, -0.2) is 14.0 Å². The van der Waals surface area contributed by atoms with Crippen LogP contribution in [0, 0.1) is 0 Å². The van der Waals surface area contributed by atoms with Gasteiger partial charge in [-0.2, -0.15) is 0 Å². The van der Waals surface area contributed by atoms with Crippen LogP contribution in [0.1, 0.15) is 44.6 Å². The van der Waals surface area contributed by atoms with Crippen molar-refractivity contribution in [2.75, 3.05) is 0 Å².